The number of aryl methyl sites for hydroxylation is 2. The van der Waals surface area contributed by atoms with E-state index in [1.807, 2.05) is 36.4 Å². The molecule has 1 atom stereocenters. The molecular weight excluding hydrogens is 458 g/mol. The molecule has 0 bridgehead atoms. The zero-order chi connectivity index (χ0) is 21.8. The summed E-state index contributed by atoms with van der Waals surface area (Å²) in [6, 6.07) is 16.3. The van der Waals surface area contributed by atoms with E-state index < -0.39 is 5.97 Å². The van der Waals surface area contributed by atoms with Gasteiger partial charge in [-0.1, -0.05) is 40.2 Å². The minimum Gasteiger partial charge on any atom is -0.497 e. The Morgan fingerprint density at radius 2 is 1.90 bits per heavy atom. The van der Waals surface area contributed by atoms with E-state index in [9.17, 15) is 9.90 Å². The van der Waals surface area contributed by atoms with Crippen LogP contribution in [0.5, 0.6) is 5.75 Å². The highest BCUT2D eigenvalue weighted by molar-refractivity contribution is 9.10. The standard InChI is InChI=1S/C24H24BrN3O3/c1-31-19-11-4-16(5-12-19)6-13-21-20(23(29)30)15-26-24(27-21)28-14-2-3-22(28)17-7-9-18(25)10-8-17/h4-5,7-12,15,22H,2-3,6,13-14H2,1H3,(H,29,30). The second kappa shape index (κ2) is 9.47. The lowest BCUT2D eigenvalue weighted by atomic mass is 10.0. The van der Waals surface area contributed by atoms with Crippen molar-refractivity contribution in [2.24, 2.45) is 0 Å². The normalized spacial score (nSPS) is 15.8. The number of carboxylic acids is 1. The number of methoxy groups -OCH3 is 1. The Kier molecular flexibility index (Phi) is 6.51. The van der Waals surface area contributed by atoms with Crippen LogP contribution in [-0.2, 0) is 12.8 Å². The molecule has 1 N–H and O–H groups in total. The molecule has 1 aliphatic heterocycles. The number of rotatable bonds is 7. The van der Waals surface area contributed by atoms with Gasteiger partial charge >= 0.3 is 5.97 Å². The van der Waals surface area contributed by atoms with E-state index in [2.05, 4.69) is 37.9 Å². The number of aromatic carboxylic acids is 1. The zero-order valence-electron chi connectivity index (χ0n) is 17.3. The van der Waals surface area contributed by atoms with Crippen LogP contribution in [0.1, 0.15) is 46.1 Å². The van der Waals surface area contributed by atoms with E-state index in [4.69, 9.17) is 9.72 Å². The van der Waals surface area contributed by atoms with Crippen LogP contribution in [0.15, 0.2) is 59.2 Å². The van der Waals surface area contributed by atoms with Gasteiger partial charge in [0.2, 0.25) is 5.95 Å². The average Bonchev–Trinajstić information content (AvgIpc) is 3.28. The van der Waals surface area contributed by atoms with Crippen LogP contribution in [0, 0.1) is 0 Å². The van der Waals surface area contributed by atoms with E-state index >= 15 is 0 Å². The maximum atomic E-state index is 11.8. The maximum Gasteiger partial charge on any atom is 0.339 e. The summed E-state index contributed by atoms with van der Waals surface area (Å²) in [5.41, 5.74) is 3.05. The fraction of sp³-hybridized carbons (Fsp3) is 0.292. The molecule has 0 aliphatic carbocycles. The van der Waals surface area contributed by atoms with Crippen LogP contribution in [0.25, 0.3) is 0 Å². The first-order valence-electron chi connectivity index (χ1n) is 10.3. The van der Waals surface area contributed by atoms with Crippen molar-refractivity contribution >= 4 is 27.8 Å². The molecule has 0 amide bonds. The molecule has 0 radical (unpaired) electrons. The molecule has 1 saturated heterocycles. The van der Waals surface area contributed by atoms with Gasteiger partial charge in [-0.2, -0.15) is 0 Å². The summed E-state index contributed by atoms with van der Waals surface area (Å²) in [6.45, 7) is 0.852. The first-order valence-corrected chi connectivity index (χ1v) is 11.1. The van der Waals surface area contributed by atoms with Crippen molar-refractivity contribution in [3.63, 3.8) is 0 Å². The molecule has 0 spiro atoms. The molecule has 1 aliphatic rings. The number of carboxylic acid groups (broad SMARTS) is 1. The van der Waals surface area contributed by atoms with E-state index in [0.717, 1.165) is 35.2 Å². The fourth-order valence-electron chi connectivity index (χ4n) is 4.01. The number of anilines is 1. The molecule has 7 heteroatoms. The van der Waals surface area contributed by atoms with Crippen molar-refractivity contribution in [2.45, 2.75) is 31.7 Å². The minimum absolute atomic E-state index is 0.164. The van der Waals surface area contributed by atoms with Crippen LogP contribution < -0.4 is 9.64 Å². The number of aromatic nitrogens is 2. The highest BCUT2D eigenvalue weighted by atomic mass is 79.9. The monoisotopic (exact) mass is 481 g/mol. The quantitative estimate of drug-likeness (QED) is 0.507. The maximum absolute atomic E-state index is 11.8. The summed E-state index contributed by atoms with van der Waals surface area (Å²) in [6.07, 6.45) is 4.74. The predicted octanol–water partition coefficient (Wildman–Crippen LogP) is 5.07. The highest BCUT2D eigenvalue weighted by Gasteiger charge is 2.29. The van der Waals surface area contributed by atoms with Crippen molar-refractivity contribution in [3.8, 4) is 5.75 Å². The van der Waals surface area contributed by atoms with Crippen molar-refractivity contribution in [1.29, 1.82) is 0 Å². The second-order valence-corrected chi connectivity index (χ2v) is 8.50. The van der Waals surface area contributed by atoms with Gasteiger partial charge in [-0.25, -0.2) is 14.8 Å². The summed E-state index contributed by atoms with van der Waals surface area (Å²) in [5.74, 6) is 0.398. The van der Waals surface area contributed by atoms with Crippen molar-refractivity contribution < 1.29 is 14.6 Å². The largest absolute Gasteiger partial charge is 0.497 e. The van der Waals surface area contributed by atoms with E-state index in [1.165, 1.54) is 11.8 Å². The van der Waals surface area contributed by atoms with Crippen LogP contribution >= 0.6 is 15.9 Å². The number of halogens is 1. The molecule has 2 aromatic carbocycles. The lowest BCUT2D eigenvalue weighted by Gasteiger charge is -2.25. The van der Waals surface area contributed by atoms with Crippen molar-refractivity contribution in [3.05, 3.63) is 81.6 Å². The van der Waals surface area contributed by atoms with Gasteiger partial charge in [0.1, 0.15) is 5.75 Å². The molecule has 6 nitrogen and oxygen atoms in total. The number of carbonyl (C=O) groups is 1. The Morgan fingerprint density at radius 3 is 2.58 bits per heavy atom. The number of nitrogens with zero attached hydrogens (tertiary/aromatic N) is 3. The molecule has 3 aromatic rings. The third-order valence-corrected chi connectivity index (χ3v) is 6.19. The number of hydrogen-bond donors (Lipinski definition) is 1. The first kappa shape index (κ1) is 21.3. The Bertz CT molecular complexity index is 1050. The van der Waals surface area contributed by atoms with E-state index in [0.29, 0.717) is 24.5 Å². The summed E-state index contributed by atoms with van der Waals surface area (Å²) < 4.78 is 6.25. The van der Waals surface area contributed by atoms with Crippen molar-refractivity contribution in [1.82, 2.24) is 9.97 Å². The predicted molar refractivity (Wildman–Crippen MR) is 123 cm³/mol. The van der Waals surface area contributed by atoms with Gasteiger partial charge in [-0.15, -0.1) is 0 Å². The SMILES string of the molecule is COc1ccc(CCc2nc(N3CCCC3c3ccc(Br)cc3)ncc2C(=O)O)cc1. The number of benzene rings is 2. The average molecular weight is 482 g/mol. The molecule has 1 aromatic heterocycles. The highest BCUT2D eigenvalue weighted by Crippen LogP contribution is 2.35. The molecule has 1 fully saturated rings. The number of ether oxygens (including phenoxy) is 1. The third-order valence-electron chi connectivity index (χ3n) is 5.66. The zero-order valence-corrected chi connectivity index (χ0v) is 18.9. The fourth-order valence-corrected chi connectivity index (χ4v) is 4.27. The lowest BCUT2D eigenvalue weighted by molar-refractivity contribution is 0.0694. The Balaban J connectivity index is 1.58. The molecule has 4 rings (SSSR count). The molecular formula is C24H24BrN3O3. The van der Waals surface area contributed by atoms with Gasteiger partial charge in [0.25, 0.3) is 0 Å². The smallest absolute Gasteiger partial charge is 0.339 e. The summed E-state index contributed by atoms with van der Waals surface area (Å²) >= 11 is 3.49. The molecule has 160 valence electrons. The molecule has 2 heterocycles. The van der Waals surface area contributed by atoms with Gasteiger partial charge in [0.15, 0.2) is 0 Å². The Labute approximate surface area is 190 Å². The number of hydrogen-bond acceptors (Lipinski definition) is 5. The van der Waals surface area contributed by atoms with Crippen molar-refractivity contribution in [2.75, 3.05) is 18.6 Å². The summed E-state index contributed by atoms with van der Waals surface area (Å²) in [5, 5.41) is 9.63. The van der Waals surface area contributed by atoms with Crippen LogP contribution in [0.4, 0.5) is 5.95 Å². The molecule has 0 saturated carbocycles. The van der Waals surface area contributed by atoms with Gasteiger partial charge in [0.05, 0.1) is 24.4 Å². The van der Waals surface area contributed by atoms with Gasteiger partial charge in [-0.3, -0.25) is 0 Å². The third kappa shape index (κ3) is 4.88. The van der Waals surface area contributed by atoms with E-state index in [-0.39, 0.29) is 11.6 Å². The van der Waals surface area contributed by atoms with Crippen LogP contribution in [0.2, 0.25) is 0 Å². The Morgan fingerprint density at radius 1 is 1.16 bits per heavy atom. The second-order valence-electron chi connectivity index (χ2n) is 7.59. The van der Waals surface area contributed by atoms with Gasteiger partial charge in [0, 0.05) is 17.2 Å². The minimum atomic E-state index is -0.998. The van der Waals surface area contributed by atoms with Gasteiger partial charge in [-0.05, 0) is 61.1 Å². The van der Waals surface area contributed by atoms with Gasteiger partial charge < -0.3 is 14.7 Å². The van der Waals surface area contributed by atoms with Crippen LogP contribution in [0.3, 0.4) is 0 Å². The lowest BCUT2D eigenvalue weighted by Crippen LogP contribution is -2.25. The van der Waals surface area contributed by atoms with Crippen LogP contribution in [-0.4, -0.2) is 34.7 Å². The molecule has 1 unspecified atom stereocenters. The van der Waals surface area contributed by atoms with E-state index in [1.54, 1.807) is 7.11 Å². The summed E-state index contributed by atoms with van der Waals surface area (Å²) in [7, 11) is 1.64. The topological polar surface area (TPSA) is 75.5 Å². The first-order chi connectivity index (χ1) is 15.0. The Hall–Kier alpha value is -2.93. The molecule has 31 heavy (non-hydrogen) atoms. The summed E-state index contributed by atoms with van der Waals surface area (Å²) in [4.78, 5) is 23.1.